The van der Waals surface area contributed by atoms with Crippen molar-refractivity contribution in [2.75, 3.05) is 5.73 Å². The minimum absolute atomic E-state index is 0.242. The third kappa shape index (κ3) is 0.942. The molecule has 0 unspecified atom stereocenters. The number of para-hydroxylation sites is 1. The molecule has 0 radical (unpaired) electrons. The first kappa shape index (κ1) is 7.16. The number of nitrogen functional groups attached to an aromatic ring is 1. The maximum Gasteiger partial charge on any atom is 0.292 e. The largest absolute Gasteiger partial charge is 0.424 e. The maximum atomic E-state index is 5.44. The molecule has 12 heavy (non-hydrogen) atoms. The molecule has 2 aromatic rings. The van der Waals surface area contributed by atoms with Gasteiger partial charge in [-0.25, -0.2) is 0 Å². The Morgan fingerprint density at radius 1 is 1.50 bits per heavy atom. The quantitative estimate of drug-likeness (QED) is 0.697. The van der Waals surface area contributed by atoms with Crippen LogP contribution in [0.3, 0.4) is 0 Å². The van der Waals surface area contributed by atoms with Crippen LogP contribution >= 0.6 is 0 Å². The Balaban J connectivity index is 2.78. The highest BCUT2D eigenvalue weighted by atomic mass is 16.4. The number of anilines is 1. The number of nitrogens with two attached hydrogens (primary N) is 1. The minimum atomic E-state index is 0.242. The Hall–Kier alpha value is -1.51. The van der Waals surface area contributed by atoms with E-state index in [-0.39, 0.29) is 6.01 Å². The van der Waals surface area contributed by atoms with Crippen molar-refractivity contribution in [2.45, 2.75) is 13.3 Å². The van der Waals surface area contributed by atoms with Gasteiger partial charge < -0.3 is 10.2 Å². The molecule has 2 N–H and O–H groups in total. The normalized spacial score (nSPS) is 10.8. The summed E-state index contributed by atoms with van der Waals surface area (Å²) in [6, 6.07) is 6.10. The highest BCUT2D eigenvalue weighted by Crippen LogP contribution is 2.20. The summed E-state index contributed by atoms with van der Waals surface area (Å²) in [5.41, 5.74) is 8.27. The second kappa shape index (κ2) is 2.52. The smallest absolute Gasteiger partial charge is 0.292 e. The van der Waals surface area contributed by atoms with E-state index in [4.69, 9.17) is 10.2 Å². The summed E-state index contributed by atoms with van der Waals surface area (Å²) >= 11 is 0. The number of oxazole rings is 1. The standard InChI is InChI=1S/C9H10N2O/c1-2-6-4-3-5-7-8(6)11-9(10)12-7/h3-5H,2H2,1H3,(H2,10,11). The van der Waals surface area contributed by atoms with Gasteiger partial charge in [0, 0.05) is 0 Å². The highest BCUT2D eigenvalue weighted by molar-refractivity contribution is 5.77. The number of aromatic nitrogens is 1. The van der Waals surface area contributed by atoms with Crippen LogP contribution in [0.15, 0.2) is 22.6 Å². The van der Waals surface area contributed by atoms with Crippen molar-refractivity contribution in [3.05, 3.63) is 23.8 Å². The molecule has 1 aromatic heterocycles. The van der Waals surface area contributed by atoms with Gasteiger partial charge in [-0.3, -0.25) is 0 Å². The van der Waals surface area contributed by atoms with Crippen molar-refractivity contribution in [3.8, 4) is 0 Å². The lowest BCUT2D eigenvalue weighted by molar-refractivity contribution is 0.626. The Morgan fingerprint density at radius 3 is 3.08 bits per heavy atom. The Morgan fingerprint density at radius 2 is 2.33 bits per heavy atom. The van der Waals surface area contributed by atoms with Gasteiger partial charge in [-0.05, 0) is 18.1 Å². The van der Waals surface area contributed by atoms with Crippen molar-refractivity contribution in [1.29, 1.82) is 0 Å². The van der Waals surface area contributed by atoms with Crippen LogP contribution in [0.2, 0.25) is 0 Å². The fourth-order valence-corrected chi connectivity index (χ4v) is 1.31. The number of nitrogens with zero attached hydrogens (tertiary/aromatic N) is 1. The SMILES string of the molecule is CCc1cccc2oc(N)nc12. The van der Waals surface area contributed by atoms with Crippen molar-refractivity contribution >= 4 is 17.1 Å². The Bertz CT molecular complexity index is 406. The van der Waals surface area contributed by atoms with Crippen LogP contribution in [0.4, 0.5) is 6.01 Å². The lowest BCUT2D eigenvalue weighted by Crippen LogP contribution is -1.84. The van der Waals surface area contributed by atoms with Gasteiger partial charge in [0.15, 0.2) is 5.58 Å². The molecule has 0 aliphatic heterocycles. The molecule has 0 bridgehead atoms. The average Bonchev–Trinajstić information content (AvgIpc) is 2.44. The summed E-state index contributed by atoms with van der Waals surface area (Å²) in [6.45, 7) is 2.08. The van der Waals surface area contributed by atoms with Gasteiger partial charge >= 0.3 is 0 Å². The van der Waals surface area contributed by atoms with Gasteiger partial charge in [0.1, 0.15) is 5.52 Å². The zero-order valence-electron chi connectivity index (χ0n) is 6.87. The van der Waals surface area contributed by atoms with E-state index in [1.54, 1.807) is 0 Å². The molecule has 0 saturated carbocycles. The minimum Gasteiger partial charge on any atom is -0.424 e. The monoisotopic (exact) mass is 162 g/mol. The highest BCUT2D eigenvalue weighted by Gasteiger charge is 2.04. The van der Waals surface area contributed by atoms with Crippen LogP contribution in [0.25, 0.3) is 11.1 Å². The number of fused-ring (bicyclic) bond motifs is 1. The molecule has 1 heterocycles. The second-order valence-corrected chi connectivity index (χ2v) is 2.67. The molecule has 0 aliphatic carbocycles. The first-order chi connectivity index (χ1) is 5.81. The van der Waals surface area contributed by atoms with Crippen LogP contribution in [0.5, 0.6) is 0 Å². The fraction of sp³-hybridized carbons (Fsp3) is 0.222. The number of rotatable bonds is 1. The zero-order chi connectivity index (χ0) is 8.55. The van der Waals surface area contributed by atoms with E-state index in [9.17, 15) is 0 Å². The predicted molar refractivity (Wildman–Crippen MR) is 47.8 cm³/mol. The van der Waals surface area contributed by atoms with Crippen LogP contribution in [0, 0.1) is 0 Å². The van der Waals surface area contributed by atoms with Gasteiger partial charge in [0.05, 0.1) is 0 Å². The summed E-state index contributed by atoms with van der Waals surface area (Å²) in [7, 11) is 0. The Kier molecular flexibility index (Phi) is 1.50. The number of hydrogen-bond acceptors (Lipinski definition) is 3. The van der Waals surface area contributed by atoms with Crippen LogP contribution in [-0.4, -0.2) is 4.98 Å². The summed E-state index contributed by atoms with van der Waals surface area (Å²) in [5.74, 6) is 0. The van der Waals surface area contributed by atoms with Gasteiger partial charge in [-0.2, -0.15) is 4.98 Å². The summed E-state index contributed by atoms with van der Waals surface area (Å²) in [6.07, 6.45) is 0.948. The molecule has 3 nitrogen and oxygen atoms in total. The first-order valence-electron chi connectivity index (χ1n) is 3.95. The third-order valence-electron chi connectivity index (χ3n) is 1.90. The van der Waals surface area contributed by atoms with E-state index in [2.05, 4.69) is 11.9 Å². The fourth-order valence-electron chi connectivity index (χ4n) is 1.31. The molecule has 0 spiro atoms. The second-order valence-electron chi connectivity index (χ2n) is 2.67. The van der Waals surface area contributed by atoms with Crippen molar-refractivity contribution in [2.24, 2.45) is 0 Å². The topological polar surface area (TPSA) is 52.0 Å². The zero-order valence-corrected chi connectivity index (χ0v) is 6.87. The van der Waals surface area contributed by atoms with E-state index in [1.807, 2.05) is 18.2 Å². The van der Waals surface area contributed by atoms with Crippen molar-refractivity contribution in [1.82, 2.24) is 4.98 Å². The number of benzene rings is 1. The first-order valence-corrected chi connectivity index (χ1v) is 3.95. The molecule has 2 rings (SSSR count). The van der Waals surface area contributed by atoms with E-state index in [0.29, 0.717) is 0 Å². The maximum absolute atomic E-state index is 5.44. The third-order valence-corrected chi connectivity index (χ3v) is 1.90. The number of aryl methyl sites for hydroxylation is 1. The average molecular weight is 162 g/mol. The Labute approximate surface area is 70.2 Å². The van der Waals surface area contributed by atoms with Crippen LogP contribution in [0.1, 0.15) is 12.5 Å². The molecule has 0 saturated heterocycles. The molecule has 0 atom stereocenters. The van der Waals surface area contributed by atoms with E-state index < -0.39 is 0 Å². The van der Waals surface area contributed by atoms with Crippen molar-refractivity contribution in [3.63, 3.8) is 0 Å². The van der Waals surface area contributed by atoms with E-state index in [0.717, 1.165) is 17.5 Å². The lowest BCUT2D eigenvalue weighted by Gasteiger charge is -1.93. The van der Waals surface area contributed by atoms with Gasteiger partial charge in [0.2, 0.25) is 0 Å². The molecular weight excluding hydrogens is 152 g/mol. The molecule has 0 aliphatic rings. The lowest BCUT2D eigenvalue weighted by atomic mass is 10.1. The molecule has 62 valence electrons. The van der Waals surface area contributed by atoms with Crippen molar-refractivity contribution < 1.29 is 4.42 Å². The van der Waals surface area contributed by atoms with E-state index in [1.165, 1.54) is 5.56 Å². The number of hydrogen-bond donors (Lipinski definition) is 1. The van der Waals surface area contributed by atoms with E-state index >= 15 is 0 Å². The molecule has 0 amide bonds. The van der Waals surface area contributed by atoms with Crippen LogP contribution in [-0.2, 0) is 6.42 Å². The molecular formula is C9H10N2O. The molecule has 0 fully saturated rings. The summed E-state index contributed by atoms with van der Waals surface area (Å²) < 4.78 is 5.18. The van der Waals surface area contributed by atoms with Gasteiger partial charge in [0.25, 0.3) is 6.01 Å². The van der Waals surface area contributed by atoms with Gasteiger partial charge in [-0.15, -0.1) is 0 Å². The predicted octanol–water partition coefficient (Wildman–Crippen LogP) is 1.97. The van der Waals surface area contributed by atoms with Gasteiger partial charge in [-0.1, -0.05) is 19.1 Å². The summed E-state index contributed by atoms with van der Waals surface area (Å²) in [5, 5.41) is 0. The molecule has 3 heteroatoms. The summed E-state index contributed by atoms with van der Waals surface area (Å²) in [4.78, 5) is 4.10. The van der Waals surface area contributed by atoms with Crippen LogP contribution < -0.4 is 5.73 Å². The molecule has 1 aromatic carbocycles.